The Morgan fingerprint density at radius 3 is 2.05 bits per heavy atom. The van der Waals surface area contributed by atoms with Gasteiger partial charge in [-0.1, -0.05) is 31.4 Å². The molecule has 0 spiro atoms. The van der Waals surface area contributed by atoms with Crippen LogP contribution >= 0.6 is 0 Å². The van der Waals surface area contributed by atoms with Gasteiger partial charge in [0.05, 0.1) is 0 Å². The van der Waals surface area contributed by atoms with Crippen LogP contribution in [0.1, 0.15) is 60.4 Å². The van der Waals surface area contributed by atoms with Crippen LogP contribution in [-0.2, 0) is 0 Å². The smallest absolute Gasteiger partial charge is 0.0473 e. The van der Waals surface area contributed by atoms with Gasteiger partial charge in [0, 0.05) is 12.6 Å². The first-order valence-corrected chi connectivity index (χ1v) is 8.15. The van der Waals surface area contributed by atoms with Crippen LogP contribution in [-0.4, -0.2) is 24.5 Å². The van der Waals surface area contributed by atoms with Gasteiger partial charge in [-0.15, -0.1) is 0 Å². The molecule has 2 N–H and O–H groups in total. The van der Waals surface area contributed by atoms with Crippen molar-refractivity contribution in [2.24, 2.45) is 5.73 Å². The molecule has 2 nitrogen and oxygen atoms in total. The predicted octanol–water partition coefficient (Wildman–Crippen LogP) is 3.88. The molecule has 1 aromatic carbocycles. The van der Waals surface area contributed by atoms with Crippen LogP contribution in [0, 0.1) is 20.8 Å². The second-order valence-electron chi connectivity index (χ2n) is 6.35. The van der Waals surface area contributed by atoms with E-state index in [1.165, 1.54) is 67.4 Å². The van der Waals surface area contributed by atoms with Crippen LogP contribution in [0.2, 0.25) is 0 Å². The first-order valence-electron chi connectivity index (χ1n) is 8.15. The highest BCUT2D eigenvalue weighted by Crippen LogP contribution is 2.27. The molecule has 20 heavy (non-hydrogen) atoms. The Labute approximate surface area is 124 Å². The molecular formula is C18H30N2. The lowest BCUT2D eigenvalue weighted by atomic mass is 9.94. The molecule has 1 heterocycles. The van der Waals surface area contributed by atoms with Crippen LogP contribution in [0.4, 0.5) is 0 Å². The molecule has 0 amide bonds. The zero-order valence-electron chi connectivity index (χ0n) is 13.4. The predicted molar refractivity (Wildman–Crippen MR) is 87.1 cm³/mol. The normalized spacial score (nSPS) is 19.4. The second-order valence-corrected chi connectivity index (χ2v) is 6.35. The second kappa shape index (κ2) is 7.24. The molecule has 1 aromatic rings. The highest BCUT2D eigenvalue weighted by Gasteiger charge is 2.21. The topological polar surface area (TPSA) is 29.3 Å². The number of nitrogens with zero attached hydrogens (tertiary/aromatic N) is 1. The van der Waals surface area contributed by atoms with Crippen molar-refractivity contribution < 1.29 is 0 Å². The van der Waals surface area contributed by atoms with E-state index in [0.29, 0.717) is 6.04 Å². The fraction of sp³-hybridized carbons (Fsp3) is 0.667. The Kier molecular flexibility index (Phi) is 5.62. The van der Waals surface area contributed by atoms with E-state index in [0.717, 1.165) is 6.54 Å². The maximum Gasteiger partial charge on any atom is 0.0473 e. The summed E-state index contributed by atoms with van der Waals surface area (Å²) in [4.78, 5) is 2.62. The minimum absolute atomic E-state index is 0.396. The molecule has 0 aliphatic carbocycles. The van der Waals surface area contributed by atoms with Crippen molar-refractivity contribution in [2.45, 2.75) is 58.9 Å². The minimum Gasteiger partial charge on any atom is -0.329 e. The maximum atomic E-state index is 6.14. The summed E-state index contributed by atoms with van der Waals surface area (Å²) in [5.74, 6) is 0. The zero-order chi connectivity index (χ0) is 14.5. The first kappa shape index (κ1) is 15.5. The zero-order valence-corrected chi connectivity index (χ0v) is 13.4. The Morgan fingerprint density at radius 1 is 0.900 bits per heavy atom. The fourth-order valence-corrected chi connectivity index (χ4v) is 3.40. The van der Waals surface area contributed by atoms with Gasteiger partial charge < -0.3 is 5.73 Å². The molecule has 1 aliphatic rings. The molecule has 0 bridgehead atoms. The summed E-state index contributed by atoms with van der Waals surface area (Å²) >= 11 is 0. The summed E-state index contributed by atoms with van der Waals surface area (Å²) in [5, 5.41) is 0. The monoisotopic (exact) mass is 274 g/mol. The highest BCUT2D eigenvalue weighted by molar-refractivity contribution is 5.38. The van der Waals surface area contributed by atoms with Crippen molar-refractivity contribution in [3.63, 3.8) is 0 Å². The van der Waals surface area contributed by atoms with Gasteiger partial charge in [0.2, 0.25) is 0 Å². The standard InChI is InChI=1S/C18H30N2/c1-14-11-16(3)17(12-15(14)2)18(13-19)20-9-7-5-4-6-8-10-20/h11-12,18H,4-10,13,19H2,1-3H3. The van der Waals surface area contributed by atoms with Gasteiger partial charge >= 0.3 is 0 Å². The number of hydrogen-bond donors (Lipinski definition) is 1. The average Bonchev–Trinajstić information content (AvgIpc) is 2.38. The maximum absolute atomic E-state index is 6.14. The Hall–Kier alpha value is -0.860. The Morgan fingerprint density at radius 2 is 1.45 bits per heavy atom. The summed E-state index contributed by atoms with van der Waals surface area (Å²) in [5.41, 5.74) is 11.7. The largest absolute Gasteiger partial charge is 0.329 e. The van der Waals surface area contributed by atoms with E-state index in [-0.39, 0.29) is 0 Å². The third-order valence-electron chi connectivity index (χ3n) is 4.80. The fourth-order valence-electron chi connectivity index (χ4n) is 3.40. The Bertz CT molecular complexity index is 431. The van der Waals surface area contributed by atoms with Gasteiger partial charge in [0.15, 0.2) is 0 Å². The molecule has 0 aromatic heterocycles. The van der Waals surface area contributed by atoms with E-state index in [4.69, 9.17) is 5.73 Å². The van der Waals surface area contributed by atoms with E-state index < -0.39 is 0 Å². The SMILES string of the molecule is Cc1cc(C)c(C(CN)N2CCCCCCC2)cc1C. The molecule has 2 heteroatoms. The first-order chi connectivity index (χ1) is 9.63. The van der Waals surface area contributed by atoms with Crippen LogP contribution in [0.15, 0.2) is 12.1 Å². The van der Waals surface area contributed by atoms with Gasteiger partial charge in [0.1, 0.15) is 0 Å². The molecule has 112 valence electrons. The van der Waals surface area contributed by atoms with Crippen molar-refractivity contribution in [1.29, 1.82) is 0 Å². The van der Waals surface area contributed by atoms with Crippen molar-refractivity contribution >= 4 is 0 Å². The number of rotatable bonds is 3. The summed E-state index contributed by atoms with van der Waals surface area (Å²) in [6, 6.07) is 5.07. The van der Waals surface area contributed by atoms with Gasteiger partial charge in [-0.3, -0.25) is 4.90 Å². The number of nitrogens with two attached hydrogens (primary N) is 1. The van der Waals surface area contributed by atoms with Crippen molar-refractivity contribution in [2.75, 3.05) is 19.6 Å². The van der Waals surface area contributed by atoms with Gasteiger partial charge in [-0.05, 0) is 69.0 Å². The van der Waals surface area contributed by atoms with Crippen molar-refractivity contribution in [3.8, 4) is 0 Å². The molecule has 1 atom stereocenters. The number of hydrogen-bond acceptors (Lipinski definition) is 2. The van der Waals surface area contributed by atoms with Gasteiger partial charge in [-0.25, -0.2) is 0 Å². The lowest BCUT2D eigenvalue weighted by Crippen LogP contribution is -2.36. The van der Waals surface area contributed by atoms with Crippen molar-refractivity contribution in [3.05, 3.63) is 34.4 Å². The summed E-state index contributed by atoms with van der Waals surface area (Å²) < 4.78 is 0. The minimum atomic E-state index is 0.396. The van der Waals surface area contributed by atoms with Crippen LogP contribution < -0.4 is 5.73 Å². The molecule has 0 radical (unpaired) electrons. The van der Waals surface area contributed by atoms with Crippen LogP contribution in [0.5, 0.6) is 0 Å². The van der Waals surface area contributed by atoms with E-state index >= 15 is 0 Å². The highest BCUT2D eigenvalue weighted by atomic mass is 15.2. The lowest BCUT2D eigenvalue weighted by Gasteiger charge is -2.33. The third-order valence-corrected chi connectivity index (χ3v) is 4.80. The van der Waals surface area contributed by atoms with Gasteiger partial charge in [-0.2, -0.15) is 0 Å². The van der Waals surface area contributed by atoms with Crippen LogP contribution in [0.3, 0.4) is 0 Å². The van der Waals surface area contributed by atoms with E-state index in [2.05, 4.69) is 37.8 Å². The quantitative estimate of drug-likeness (QED) is 0.906. The molecule has 1 aliphatic heterocycles. The van der Waals surface area contributed by atoms with Crippen LogP contribution in [0.25, 0.3) is 0 Å². The van der Waals surface area contributed by atoms with Crippen molar-refractivity contribution in [1.82, 2.24) is 4.90 Å². The number of aryl methyl sites for hydroxylation is 3. The summed E-state index contributed by atoms with van der Waals surface area (Å²) in [6.07, 6.45) is 6.80. The van der Waals surface area contributed by atoms with E-state index in [1.807, 2.05) is 0 Å². The molecule has 0 saturated carbocycles. The number of benzene rings is 1. The van der Waals surface area contributed by atoms with E-state index in [1.54, 1.807) is 0 Å². The average molecular weight is 274 g/mol. The molecular weight excluding hydrogens is 244 g/mol. The molecule has 1 saturated heterocycles. The number of likely N-dealkylation sites (tertiary alicyclic amines) is 1. The third kappa shape index (κ3) is 3.62. The summed E-state index contributed by atoms with van der Waals surface area (Å²) in [6.45, 7) is 9.76. The molecule has 1 fully saturated rings. The Balaban J connectivity index is 2.24. The van der Waals surface area contributed by atoms with Gasteiger partial charge in [0.25, 0.3) is 0 Å². The molecule has 1 unspecified atom stereocenters. The lowest BCUT2D eigenvalue weighted by molar-refractivity contribution is 0.183. The molecule has 2 rings (SSSR count). The van der Waals surface area contributed by atoms with E-state index in [9.17, 15) is 0 Å². The summed E-state index contributed by atoms with van der Waals surface area (Å²) in [7, 11) is 0.